The van der Waals surface area contributed by atoms with Crippen LogP contribution in [0.3, 0.4) is 0 Å². The predicted molar refractivity (Wildman–Crippen MR) is 78.6 cm³/mol. The van der Waals surface area contributed by atoms with E-state index >= 15 is 0 Å². The van der Waals surface area contributed by atoms with Crippen LogP contribution in [0.4, 0.5) is 0 Å². The SMILES string of the molecule is O=C(O)c1ncccc1COc1ccc2c(c1)CCCC2. The molecule has 0 unspecified atom stereocenters. The van der Waals surface area contributed by atoms with Gasteiger partial charge in [-0.05, 0) is 55.0 Å². The molecular weight excluding hydrogens is 266 g/mol. The number of carboxylic acid groups (broad SMARTS) is 1. The standard InChI is InChI=1S/C17H17NO3/c19-17(20)16-14(6-3-9-18-16)11-21-15-8-7-12-4-1-2-5-13(12)10-15/h3,6-10H,1-2,4-5,11H2,(H,19,20). The number of pyridine rings is 1. The summed E-state index contributed by atoms with van der Waals surface area (Å²) in [4.78, 5) is 15.0. The predicted octanol–water partition coefficient (Wildman–Crippen LogP) is 3.24. The molecule has 4 heteroatoms. The maximum Gasteiger partial charge on any atom is 0.354 e. The molecule has 1 aromatic carbocycles. The Morgan fingerprint density at radius 1 is 1.19 bits per heavy atom. The molecule has 1 aromatic heterocycles. The molecule has 0 spiro atoms. The Morgan fingerprint density at radius 3 is 2.81 bits per heavy atom. The van der Waals surface area contributed by atoms with Gasteiger partial charge in [-0.1, -0.05) is 12.1 Å². The van der Waals surface area contributed by atoms with E-state index in [1.54, 1.807) is 12.1 Å². The lowest BCUT2D eigenvalue weighted by molar-refractivity contribution is 0.0687. The lowest BCUT2D eigenvalue weighted by Crippen LogP contribution is -2.08. The zero-order valence-electron chi connectivity index (χ0n) is 11.7. The Morgan fingerprint density at radius 2 is 2.00 bits per heavy atom. The highest BCUT2D eigenvalue weighted by atomic mass is 16.5. The van der Waals surface area contributed by atoms with Gasteiger partial charge in [0.15, 0.2) is 5.69 Å². The van der Waals surface area contributed by atoms with E-state index in [9.17, 15) is 4.79 Å². The number of benzene rings is 1. The minimum absolute atomic E-state index is 0.0514. The molecule has 0 atom stereocenters. The van der Waals surface area contributed by atoms with Crippen molar-refractivity contribution in [2.24, 2.45) is 0 Å². The smallest absolute Gasteiger partial charge is 0.354 e. The highest BCUT2D eigenvalue weighted by molar-refractivity contribution is 5.86. The first kappa shape index (κ1) is 13.6. The van der Waals surface area contributed by atoms with Crippen molar-refractivity contribution in [1.29, 1.82) is 0 Å². The molecule has 0 aliphatic heterocycles. The molecule has 0 saturated heterocycles. The molecule has 0 saturated carbocycles. The summed E-state index contributed by atoms with van der Waals surface area (Å²) in [5.74, 6) is -0.240. The summed E-state index contributed by atoms with van der Waals surface area (Å²) in [6.45, 7) is 0.217. The van der Waals surface area contributed by atoms with Gasteiger partial charge in [0.1, 0.15) is 12.4 Å². The van der Waals surface area contributed by atoms with Crippen LogP contribution >= 0.6 is 0 Å². The third-order valence-corrected chi connectivity index (χ3v) is 3.81. The van der Waals surface area contributed by atoms with Crippen molar-refractivity contribution in [3.8, 4) is 5.75 Å². The monoisotopic (exact) mass is 283 g/mol. The first-order valence-electron chi connectivity index (χ1n) is 7.16. The lowest BCUT2D eigenvalue weighted by Gasteiger charge is -2.17. The third kappa shape index (κ3) is 3.05. The normalized spacial score (nSPS) is 13.5. The molecule has 0 fully saturated rings. The summed E-state index contributed by atoms with van der Waals surface area (Å²) in [6.07, 6.45) is 6.19. The van der Waals surface area contributed by atoms with Crippen molar-refractivity contribution < 1.29 is 14.6 Å². The van der Waals surface area contributed by atoms with Gasteiger partial charge in [-0.3, -0.25) is 0 Å². The van der Waals surface area contributed by atoms with E-state index < -0.39 is 5.97 Å². The summed E-state index contributed by atoms with van der Waals surface area (Å²) in [7, 11) is 0. The number of aryl methyl sites for hydroxylation is 2. The van der Waals surface area contributed by atoms with Gasteiger partial charge in [0.05, 0.1) is 0 Å². The second-order valence-electron chi connectivity index (χ2n) is 5.24. The third-order valence-electron chi connectivity index (χ3n) is 3.81. The maximum absolute atomic E-state index is 11.1. The number of ether oxygens (including phenoxy) is 1. The minimum Gasteiger partial charge on any atom is -0.489 e. The van der Waals surface area contributed by atoms with E-state index in [0.717, 1.165) is 18.6 Å². The first-order valence-corrected chi connectivity index (χ1v) is 7.16. The van der Waals surface area contributed by atoms with Gasteiger partial charge in [-0.2, -0.15) is 0 Å². The molecule has 21 heavy (non-hydrogen) atoms. The highest BCUT2D eigenvalue weighted by Crippen LogP contribution is 2.25. The van der Waals surface area contributed by atoms with Crippen LogP contribution in [0.25, 0.3) is 0 Å². The van der Waals surface area contributed by atoms with Gasteiger partial charge < -0.3 is 9.84 Å². The van der Waals surface area contributed by atoms with Crippen LogP contribution in [0.5, 0.6) is 5.75 Å². The van der Waals surface area contributed by atoms with Crippen LogP contribution in [0.15, 0.2) is 36.5 Å². The minimum atomic E-state index is -1.03. The summed E-state index contributed by atoms with van der Waals surface area (Å²) < 4.78 is 5.75. The number of fused-ring (bicyclic) bond motifs is 1. The molecule has 108 valence electrons. The molecule has 0 radical (unpaired) electrons. The number of nitrogens with zero attached hydrogens (tertiary/aromatic N) is 1. The Kier molecular flexibility index (Phi) is 3.86. The molecule has 1 heterocycles. The summed E-state index contributed by atoms with van der Waals surface area (Å²) in [5.41, 5.74) is 3.39. The van der Waals surface area contributed by atoms with Crippen LogP contribution in [-0.2, 0) is 19.4 Å². The van der Waals surface area contributed by atoms with E-state index in [-0.39, 0.29) is 12.3 Å². The molecule has 0 bridgehead atoms. The average Bonchev–Trinajstić information content (AvgIpc) is 2.53. The quantitative estimate of drug-likeness (QED) is 0.935. The largest absolute Gasteiger partial charge is 0.489 e. The molecule has 2 aromatic rings. The molecule has 1 aliphatic rings. The van der Waals surface area contributed by atoms with Crippen molar-refractivity contribution >= 4 is 5.97 Å². The van der Waals surface area contributed by atoms with E-state index in [4.69, 9.17) is 9.84 Å². The molecule has 3 rings (SSSR count). The van der Waals surface area contributed by atoms with Crippen LogP contribution < -0.4 is 4.74 Å². The highest BCUT2D eigenvalue weighted by Gasteiger charge is 2.13. The summed E-state index contributed by atoms with van der Waals surface area (Å²) in [5, 5.41) is 9.10. The van der Waals surface area contributed by atoms with Gasteiger partial charge in [0.2, 0.25) is 0 Å². The summed E-state index contributed by atoms with van der Waals surface area (Å²) in [6, 6.07) is 9.60. The lowest BCUT2D eigenvalue weighted by atomic mass is 9.92. The number of hydrogen-bond donors (Lipinski definition) is 1. The van der Waals surface area contributed by atoms with Crippen molar-refractivity contribution in [1.82, 2.24) is 4.98 Å². The number of aromatic carboxylic acids is 1. The summed E-state index contributed by atoms with van der Waals surface area (Å²) >= 11 is 0. The number of carbonyl (C=O) groups is 1. The number of hydrogen-bond acceptors (Lipinski definition) is 3. The second kappa shape index (κ2) is 5.95. The van der Waals surface area contributed by atoms with E-state index in [1.807, 2.05) is 6.07 Å². The average molecular weight is 283 g/mol. The number of aromatic nitrogens is 1. The van der Waals surface area contributed by atoms with Gasteiger partial charge in [0.25, 0.3) is 0 Å². The number of carboxylic acids is 1. The van der Waals surface area contributed by atoms with Crippen molar-refractivity contribution in [2.75, 3.05) is 0 Å². The van der Waals surface area contributed by atoms with Gasteiger partial charge in [-0.15, -0.1) is 0 Å². The molecule has 0 amide bonds. The van der Waals surface area contributed by atoms with Gasteiger partial charge >= 0.3 is 5.97 Å². The van der Waals surface area contributed by atoms with Gasteiger partial charge in [-0.25, -0.2) is 9.78 Å². The Labute approximate surface area is 123 Å². The van der Waals surface area contributed by atoms with Crippen LogP contribution in [-0.4, -0.2) is 16.1 Å². The Bertz CT molecular complexity index is 667. The van der Waals surface area contributed by atoms with Crippen molar-refractivity contribution in [3.63, 3.8) is 0 Å². The van der Waals surface area contributed by atoms with E-state index in [0.29, 0.717) is 5.56 Å². The molecular formula is C17H17NO3. The fourth-order valence-electron chi connectivity index (χ4n) is 2.71. The Hall–Kier alpha value is -2.36. The van der Waals surface area contributed by atoms with Crippen LogP contribution in [0, 0.1) is 0 Å². The molecule has 4 nitrogen and oxygen atoms in total. The topological polar surface area (TPSA) is 59.4 Å². The maximum atomic E-state index is 11.1. The van der Waals surface area contributed by atoms with Gasteiger partial charge in [0, 0.05) is 11.8 Å². The fourth-order valence-corrected chi connectivity index (χ4v) is 2.71. The zero-order chi connectivity index (χ0) is 14.7. The van der Waals surface area contributed by atoms with Crippen LogP contribution in [0.1, 0.15) is 40.0 Å². The fraction of sp³-hybridized carbons (Fsp3) is 0.294. The van der Waals surface area contributed by atoms with E-state index in [1.165, 1.54) is 30.2 Å². The first-order chi connectivity index (χ1) is 10.2. The molecule has 1 N–H and O–H groups in total. The second-order valence-corrected chi connectivity index (χ2v) is 5.24. The van der Waals surface area contributed by atoms with Crippen molar-refractivity contribution in [2.45, 2.75) is 32.3 Å². The Balaban J connectivity index is 1.75. The zero-order valence-corrected chi connectivity index (χ0v) is 11.7. The molecule has 1 aliphatic carbocycles. The van der Waals surface area contributed by atoms with Crippen molar-refractivity contribution in [3.05, 3.63) is 58.9 Å². The van der Waals surface area contributed by atoms with E-state index in [2.05, 4.69) is 17.1 Å². The number of rotatable bonds is 4. The van der Waals surface area contributed by atoms with Crippen LogP contribution in [0.2, 0.25) is 0 Å².